The van der Waals surface area contributed by atoms with Crippen molar-refractivity contribution in [2.75, 3.05) is 0 Å². The average molecular weight is 321 g/mol. The summed E-state index contributed by atoms with van der Waals surface area (Å²) in [6, 6.07) is 8.24. The van der Waals surface area contributed by atoms with Crippen molar-refractivity contribution in [2.24, 2.45) is 13.0 Å². The van der Waals surface area contributed by atoms with Crippen molar-refractivity contribution in [3.05, 3.63) is 52.7 Å². The summed E-state index contributed by atoms with van der Waals surface area (Å²) in [7, 11) is 2.07. The zero-order chi connectivity index (χ0) is 17.0. The van der Waals surface area contributed by atoms with E-state index in [1.165, 1.54) is 11.4 Å². The van der Waals surface area contributed by atoms with Crippen molar-refractivity contribution in [3.63, 3.8) is 0 Å². The summed E-state index contributed by atoms with van der Waals surface area (Å²) in [5.74, 6) is 1.33. The van der Waals surface area contributed by atoms with Crippen LogP contribution in [-0.2, 0) is 20.0 Å². The summed E-state index contributed by atoms with van der Waals surface area (Å²) in [5, 5.41) is 1.10. The molecule has 1 unspecified atom stereocenters. The van der Waals surface area contributed by atoms with Crippen LogP contribution in [0.3, 0.4) is 0 Å². The Bertz CT molecular complexity index is 961. The minimum absolute atomic E-state index is 0.0364. The number of para-hydroxylation sites is 1. The van der Waals surface area contributed by atoms with Crippen LogP contribution in [0.5, 0.6) is 0 Å². The molecule has 4 nitrogen and oxygen atoms in total. The van der Waals surface area contributed by atoms with Crippen LogP contribution in [-0.4, -0.2) is 19.9 Å². The van der Waals surface area contributed by atoms with Gasteiger partial charge in [0, 0.05) is 47.4 Å². The Balaban J connectivity index is 1.76. The Labute approximate surface area is 142 Å². The fraction of sp³-hybridized carbons (Fsp3) is 0.400. The molecule has 0 saturated carbocycles. The Morgan fingerprint density at radius 2 is 1.96 bits per heavy atom. The van der Waals surface area contributed by atoms with Gasteiger partial charge in [-0.05, 0) is 39.7 Å². The van der Waals surface area contributed by atoms with Crippen LogP contribution >= 0.6 is 0 Å². The third kappa shape index (κ3) is 2.05. The molecule has 4 heteroatoms. The van der Waals surface area contributed by atoms with Gasteiger partial charge in [-0.2, -0.15) is 0 Å². The van der Waals surface area contributed by atoms with E-state index >= 15 is 0 Å². The minimum atomic E-state index is 0.0364. The lowest BCUT2D eigenvalue weighted by Gasteiger charge is -2.23. The molecule has 124 valence electrons. The number of hydrogen-bond acceptors (Lipinski definition) is 2. The number of carbonyl (C=O) groups excluding carboxylic acids is 1. The Morgan fingerprint density at radius 1 is 1.21 bits per heavy atom. The van der Waals surface area contributed by atoms with Crippen molar-refractivity contribution >= 4 is 16.7 Å². The standard InChI is InChI=1S/C20H23N3O/c1-12-13(2)23(14(3)21-12)11-15-9-10-18-19(20(15)24)16-7-5-6-8-17(16)22(18)4/h5-8,15H,9-11H2,1-4H3. The van der Waals surface area contributed by atoms with Crippen LogP contribution in [0.25, 0.3) is 10.9 Å². The van der Waals surface area contributed by atoms with Gasteiger partial charge < -0.3 is 9.13 Å². The number of rotatable bonds is 2. The van der Waals surface area contributed by atoms with Gasteiger partial charge in [-0.15, -0.1) is 0 Å². The van der Waals surface area contributed by atoms with Crippen molar-refractivity contribution in [1.82, 2.24) is 14.1 Å². The first-order valence-electron chi connectivity index (χ1n) is 8.60. The van der Waals surface area contributed by atoms with E-state index in [1.54, 1.807) is 0 Å². The van der Waals surface area contributed by atoms with E-state index < -0.39 is 0 Å². The van der Waals surface area contributed by atoms with Gasteiger partial charge in [0.2, 0.25) is 0 Å². The van der Waals surface area contributed by atoms with Crippen molar-refractivity contribution < 1.29 is 4.79 Å². The van der Waals surface area contributed by atoms with Crippen LogP contribution in [0, 0.1) is 26.7 Å². The molecule has 0 amide bonds. The number of carbonyl (C=O) groups is 1. The Kier molecular flexibility index (Phi) is 3.37. The number of imidazole rings is 1. The molecule has 1 aromatic carbocycles. The van der Waals surface area contributed by atoms with E-state index in [1.807, 2.05) is 26.0 Å². The molecular formula is C20H23N3O. The second-order valence-electron chi connectivity index (χ2n) is 6.94. The van der Waals surface area contributed by atoms with Gasteiger partial charge in [0.15, 0.2) is 5.78 Å². The molecule has 0 bridgehead atoms. The smallest absolute Gasteiger partial charge is 0.170 e. The number of Topliss-reactive ketones (excluding diaryl/α,β-unsaturated/α-hetero) is 1. The van der Waals surface area contributed by atoms with Gasteiger partial charge in [0.1, 0.15) is 5.82 Å². The Morgan fingerprint density at radius 3 is 2.67 bits per heavy atom. The first-order valence-corrected chi connectivity index (χ1v) is 8.60. The van der Waals surface area contributed by atoms with Crippen LogP contribution in [0.1, 0.15) is 39.7 Å². The molecule has 0 spiro atoms. The third-order valence-electron chi connectivity index (χ3n) is 5.63. The van der Waals surface area contributed by atoms with E-state index in [-0.39, 0.29) is 5.92 Å². The molecule has 3 aromatic rings. The number of benzene rings is 1. The lowest BCUT2D eigenvalue weighted by Crippen LogP contribution is -2.27. The van der Waals surface area contributed by atoms with Crippen LogP contribution < -0.4 is 0 Å². The molecule has 0 aliphatic heterocycles. The summed E-state index contributed by atoms with van der Waals surface area (Å²) < 4.78 is 4.39. The Hall–Kier alpha value is -2.36. The van der Waals surface area contributed by atoms with Gasteiger partial charge >= 0.3 is 0 Å². The van der Waals surface area contributed by atoms with Crippen LogP contribution in [0.2, 0.25) is 0 Å². The monoisotopic (exact) mass is 321 g/mol. The predicted octanol–water partition coefficient (Wildman–Crippen LogP) is 3.75. The molecular weight excluding hydrogens is 298 g/mol. The number of fused-ring (bicyclic) bond motifs is 3. The first kappa shape index (κ1) is 15.2. The van der Waals surface area contributed by atoms with Gasteiger partial charge in [-0.1, -0.05) is 18.2 Å². The summed E-state index contributed by atoms with van der Waals surface area (Å²) in [6.45, 7) is 6.88. The number of aromatic nitrogens is 3. The highest BCUT2D eigenvalue weighted by atomic mass is 16.1. The van der Waals surface area contributed by atoms with E-state index in [2.05, 4.69) is 40.2 Å². The van der Waals surface area contributed by atoms with Crippen molar-refractivity contribution in [2.45, 2.75) is 40.2 Å². The van der Waals surface area contributed by atoms with Crippen molar-refractivity contribution in [3.8, 4) is 0 Å². The third-order valence-corrected chi connectivity index (χ3v) is 5.63. The van der Waals surface area contributed by atoms with Gasteiger partial charge in [0.25, 0.3) is 0 Å². The fourth-order valence-corrected chi connectivity index (χ4v) is 4.15. The lowest BCUT2D eigenvalue weighted by molar-refractivity contribution is 0.0887. The number of hydrogen-bond donors (Lipinski definition) is 0. The lowest BCUT2D eigenvalue weighted by atomic mass is 9.85. The SMILES string of the molecule is Cc1nc(C)n(CC2CCc3c(c4ccccc4n3C)C2=O)c1C. The topological polar surface area (TPSA) is 39.8 Å². The first-order chi connectivity index (χ1) is 11.5. The number of nitrogens with zero attached hydrogens (tertiary/aromatic N) is 3. The molecule has 0 N–H and O–H groups in total. The number of ketones is 1. The molecule has 2 heterocycles. The maximum atomic E-state index is 13.2. The maximum Gasteiger partial charge on any atom is 0.170 e. The average Bonchev–Trinajstić information content (AvgIpc) is 2.99. The van der Waals surface area contributed by atoms with E-state index in [0.29, 0.717) is 5.78 Å². The summed E-state index contributed by atoms with van der Waals surface area (Å²) in [6.07, 6.45) is 1.87. The molecule has 1 aliphatic carbocycles. The molecule has 2 aromatic heterocycles. The zero-order valence-electron chi connectivity index (χ0n) is 14.8. The van der Waals surface area contributed by atoms with E-state index in [4.69, 9.17) is 0 Å². The highest BCUT2D eigenvalue weighted by Crippen LogP contribution is 2.34. The molecule has 1 aliphatic rings. The number of aryl methyl sites for hydroxylation is 3. The molecule has 0 saturated heterocycles. The molecule has 24 heavy (non-hydrogen) atoms. The van der Waals surface area contributed by atoms with Crippen LogP contribution in [0.15, 0.2) is 24.3 Å². The largest absolute Gasteiger partial charge is 0.347 e. The zero-order valence-corrected chi connectivity index (χ0v) is 14.8. The van der Waals surface area contributed by atoms with Gasteiger partial charge in [-0.25, -0.2) is 4.98 Å². The highest BCUT2D eigenvalue weighted by Gasteiger charge is 2.32. The van der Waals surface area contributed by atoms with E-state index in [9.17, 15) is 4.79 Å². The summed E-state index contributed by atoms with van der Waals surface area (Å²) >= 11 is 0. The second-order valence-corrected chi connectivity index (χ2v) is 6.94. The van der Waals surface area contributed by atoms with Gasteiger partial charge in [0.05, 0.1) is 5.69 Å². The molecule has 1 atom stereocenters. The summed E-state index contributed by atoms with van der Waals surface area (Å²) in [4.78, 5) is 17.8. The molecule has 4 rings (SSSR count). The fourth-order valence-electron chi connectivity index (χ4n) is 4.15. The quantitative estimate of drug-likeness (QED) is 0.721. The summed E-state index contributed by atoms with van der Waals surface area (Å²) in [5.41, 5.74) is 5.51. The normalized spacial score (nSPS) is 17.5. The molecule has 0 fully saturated rings. The maximum absolute atomic E-state index is 13.2. The highest BCUT2D eigenvalue weighted by molar-refractivity contribution is 6.11. The van der Waals surface area contributed by atoms with Crippen molar-refractivity contribution in [1.29, 1.82) is 0 Å². The second kappa shape index (κ2) is 5.33. The predicted molar refractivity (Wildman–Crippen MR) is 95.5 cm³/mol. The van der Waals surface area contributed by atoms with Gasteiger partial charge in [-0.3, -0.25) is 4.79 Å². The minimum Gasteiger partial charge on any atom is -0.347 e. The van der Waals surface area contributed by atoms with Crippen LogP contribution in [0.4, 0.5) is 0 Å². The molecule has 0 radical (unpaired) electrons. The van der Waals surface area contributed by atoms with E-state index in [0.717, 1.165) is 47.4 Å².